The summed E-state index contributed by atoms with van der Waals surface area (Å²) in [4.78, 5) is 11.0. The highest BCUT2D eigenvalue weighted by Crippen LogP contribution is 2.35. The molecule has 0 heterocycles. The van der Waals surface area contributed by atoms with Crippen LogP contribution in [0.3, 0.4) is 0 Å². The number of carbonyl (C=O) groups excluding carboxylic acids is 1. The average molecular weight is 270 g/mol. The van der Waals surface area contributed by atoms with E-state index in [1.165, 1.54) is 0 Å². The van der Waals surface area contributed by atoms with Crippen molar-refractivity contribution in [2.24, 2.45) is 0 Å². The lowest BCUT2D eigenvalue weighted by Crippen LogP contribution is -2.26. The first-order chi connectivity index (χ1) is 8.93. The molecule has 0 radical (unpaired) electrons. The zero-order chi connectivity index (χ0) is 14.0. The van der Waals surface area contributed by atoms with Gasteiger partial charge in [-0.3, -0.25) is 0 Å². The number of alkyl halides is 3. The average Bonchev–Trinajstić information content (AvgIpc) is 2.38. The largest absolute Gasteiger partial charge is 0.491 e. The van der Waals surface area contributed by atoms with E-state index in [-0.39, 0.29) is 5.76 Å². The van der Waals surface area contributed by atoms with Crippen LogP contribution in [0.2, 0.25) is 0 Å². The summed E-state index contributed by atoms with van der Waals surface area (Å²) in [5.74, 6) is -2.09. The van der Waals surface area contributed by atoms with Crippen LogP contribution in [0.5, 0.6) is 0 Å². The Hall–Kier alpha value is -1.78. The number of carbonyl (C=O) groups is 1. The Labute approximate surface area is 108 Å². The van der Waals surface area contributed by atoms with Crippen molar-refractivity contribution in [3.8, 4) is 0 Å². The molecule has 0 saturated carbocycles. The normalized spacial score (nSPS) is 15.2. The highest BCUT2D eigenvalue weighted by Gasteiger charge is 2.42. The van der Waals surface area contributed by atoms with Crippen molar-refractivity contribution in [2.45, 2.75) is 32.4 Å². The smallest absolute Gasteiger partial charge is 0.419 e. The van der Waals surface area contributed by atoms with Crippen LogP contribution < -0.4 is 0 Å². The fraction of sp³-hybridized carbons (Fsp3) is 0.357. The predicted octanol–water partition coefficient (Wildman–Crippen LogP) is 3.86. The quantitative estimate of drug-likeness (QED) is 0.763. The standard InChI is InChI=1S/C14H13F3O2/c1-2-9-7-8-10-5-3-4-6-11(10)12(9)19-13(18)14(15,16)17/h3-6H,2,7-8H2,1H3. The number of hydrogen-bond donors (Lipinski definition) is 0. The van der Waals surface area contributed by atoms with Crippen molar-refractivity contribution < 1.29 is 22.7 Å². The molecular formula is C14H13F3O2. The highest BCUT2D eigenvalue weighted by molar-refractivity contribution is 5.84. The van der Waals surface area contributed by atoms with Crippen LogP contribution in [0.4, 0.5) is 13.2 Å². The van der Waals surface area contributed by atoms with Crippen molar-refractivity contribution in [3.63, 3.8) is 0 Å². The molecule has 2 rings (SSSR count). The maximum Gasteiger partial charge on any atom is 0.491 e. The van der Waals surface area contributed by atoms with Crippen molar-refractivity contribution in [1.82, 2.24) is 0 Å². The molecule has 1 aromatic carbocycles. The number of halogens is 3. The lowest BCUT2D eigenvalue weighted by molar-refractivity contribution is -0.192. The van der Waals surface area contributed by atoms with Crippen LogP contribution in [-0.4, -0.2) is 12.1 Å². The Balaban J connectivity index is 2.39. The van der Waals surface area contributed by atoms with E-state index in [2.05, 4.69) is 4.74 Å². The molecule has 0 aromatic heterocycles. The van der Waals surface area contributed by atoms with Gasteiger partial charge in [0.15, 0.2) is 0 Å². The minimum atomic E-state index is -4.97. The molecule has 1 aliphatic rings. The Morgan fingerprint density at radius 3 is 2.58 bits per heavy atom. The van der Waals surface area contributed by atoms with Gasteiger partial charge in [0.2, 0.25) is 0 Å². The molecule has 2 nitrogen and oxygen atoms in total. The van der Waals surface area contributed by atoms with Crippen LogP contribution in [0.15, 0.2) is 29.8 Å². The van der Waals surface area contributed by atoms with Gasteiger partial charge in [-0.1, -0.05) is 31.2 Å². The van der Waals surface area contributed by atoms with Gasteiger partial charge in [0.05, 0.1) is 0 Å². The molecule has 0 saturated heterocycles. The fourth-order valence-electron chi connectivity index (χ4n) is 2.16. The van der Waals surface area contributed by atoms with Crippen LogP contribution in [0.25, 0.3) is 5.76 Å². The van der Waals surface area contributed by atoms with Crippen molar-refractivity contribution in [2.75, 3.05) is 0 Å². The first-order valence-electron chi connectivity index (χ1n) is 6.02. The number of benzene rings is 1. The molecule has 0 amide bonds. The second-order valence-electron chi connectivity index (χ2n) is 4.33. The van der Waals surface area contributed by atoms with Crippen LogP contribution >= 0.6 is 0 Å². The topological polar surface area (TPSA) is 26.3 Å². The van der Waals surface area contributed by atoms with E-state index in [1.807, 2.05) is 19.1 Å². The van der Waals surface area contributed by atoms with Gasteiger partial charge in [-0.15, -0.1) is 0 Å². The van der Waals surface area contributed by atoms with E-state index in [0.717, 1.165) is 17.6 Å². The lowest BCUT2D eigenvalue weighted by atomic mass is 9.89. The third-order valence-corrected chi connectivity index (χ3v) is 3.13. The summed E-state index contributed by atoms with van der Waals surface area (Å²) in [7, 11) is 0. The second-order valence-corrected chi connectivity index (χ2v) is 4.33. The molecule has 0 spiro atoms. The highest BCUT2D eigenvalue weighted by atomic mass is 19.4. The number of hydrogen-bond acceptors (Lipinski definition) is 2. The van der Waals surface area contributed by atoms with Gasteiger partial charge in [-0.2, -0.15) is 13.2 Å². The van der Waals surface area contributed by atoms with Gasteiger partial charge < -0.3 is 4.74 Å². The number of fused-ring (bicyclic) bond motifs is 1. The third kappa shape index (κ3) is 2.80. The van der Waals surface area contributed by atoms with E-state index < -0.39 is 12.1 Å². The Kier molecular flexibility index (Phi) is 3.64. The number of allylic oxidation sites excluding steroid dienone is 1. The summed E-state index contributed by atoms with van der Waals surface area (Å²) >= 11 is 0. The maximum absolute atomic E-state index is 12.3. The van der Waals surface area contributed by atoms with Crippen LogP contribution in [0, 0.1) is 0 Å². The SMILES string of the molecule is CCC1=C(OC(=O)C(F)(F)F)c2ccccc2CC1. The molecule has 0 bridgehead atoms. The fourth-order valence-corrected chi connectivity index (χ4v) is 2.16. The molecule has 19 heavy (non-hydrogen) atoms. The number of aryl methyl sites for hydroxylation is 1. The van der Waals surface area contributed by atoms with Crippen molar-refractivity contribution in [3.05, 3.63) is 41.0 Å². The van der Waals surface area contributed by atoms with E-state index in [1.54, 1.807) is 12.1 Å². The molecule has 102 valence electrons. The van der Waals surface area contributed by atoms with Crippen molar-refractivity contribution in [1.29, 1.82) is 0 Å². The van der Waals surface area contributed by atoms with Crippen molar-refractivity contribution >= 4 is 11.7 Å². The molecule has 0 N–H and O–H groups in total. The summed E-state index contributed by atoms with van der Waals surface area (Å²) in [6.07, 6.45) is -3.03. The summed E-state index contributed by atoms with van der Waals surface area (Å²) in [6.45, 7) is 1.84. The first kappa shape index (κ1) is 13.6. The van der Waals surface area contributed by atoms with Gasteiger partial charge >= 0.3 is 12.1 Å². The molecule has 1 aliphatic carbocycles. The predicted molar refractivity (Wildman–Crippen MR) is 64.1 cm³/mol. The van der Waals surface area contributed by atoms with E-state index >= 15 is 0 Å². The van der Waals surface area contributed by atoms with Gasteiger partial charge in [-0.25, -0.2) is 4.79 Å². The maximum atomic E-state index is 12.3. The zero-order valence-electron chi connectivity index (χ0n) is 10.4. The van der Waals surface area contributed by atoms with E-state index in [4.69, 9.17) is 0 Å². The summed E-state index contributed by atoms with van der Waals surface area (Å²) in [5, 5.41) is 0. The minimum Gasteiger partial charge on any atom is -0.419 e. The molecule has 0 atom stereocenters. The van der Waals surface area contributed by atoms with E-state index in [9.17, 15) is 18.0 Å². The number of esters is 1. The number of rotatable bonds is 2. The zero-order valence-corrected chi connectivity index (χ0v) is 10.4. The Bertz CT molecular complexity index is 530. The second kappa shape index (κ2) is 5.07. The summed E-state index contributed by atoms with van der Waals surface area (Å²) in [6, 6.07) is 7.06. The first-order valence-corrected chi connectivity index (χ1v) is 6.02. The molecule has 0 aliphatic heterocycles. The van der Waals surface area contributed by atoms with E-state index in [0.29, 0.717) is 18.4 Å². The molecule has 0 fully saturated rings. The Morgan fingerprint density at radius 1 is 1.26 bits per heavy atom. The summed E-state index contributed by atoms with van der Waals surface area (Å²) < 4.78 is 41.5. The third-order valence-electron chi connectivity index (χ3n) is 3.13. The molecule has 0 unspecified atom stereocenters. The molecular weight excluding hydrogens is 257 g/mol. The minimum absolute atomic E-state index is 0.0756. The Morgan fingerprint density at radius 2 is 1.95 bits per heavy atom. The van der Waals surface area contributed by atoms with Gasteiger partial charge in [-0.05, 0) is 30.4 Å². The van der Waals surface area contributed by atoms with Crippen LogP contribution in [-0.2, 0) is 16.0 Å². The van der Waals surface area contributed by atoms with Gasteiger partial charge in [0.25, 0.3) is 0 Å². The van der Waals surface area contributed by atoms with Gasteiger partial charge in [0, 0.05) is 5.56 Å². The summed E-state index contributed by atoms with van der Waals surface area (Å²) in [5.41, 5.74) is 2.24. The monoisotopic (exact) mass is 270 g/mol. The van der Waals surface area contributed by atoms with Gasteiger partial charge in [0.1, 0.15) is 5.76 Å². The number of ether oxygens (including phenoxy) is 1. The molecule has 5 heteroatoms. The lowest BCUT2D eigenvalue weighted by Gasteiger charge is -2.22. The molecule has 1 aromatic rings. The van der Waals surface area contributed by atoms with Crippen LogP contribution in [0.1, 0.15) is 30.9 Å².